The molecule has 4 heteroatoms. The number of ether oxygens (including phenoxy) is 1. The summed E-state index contributed by atoms with van der Waals surface area (Å²) < 4.78 is 5.05. The molecule has 0 aromatic heterocycles. The van der Waals surface area contributed by atoms with Crippen LogP contribution in [0.15, 0.2) is 30.3 Å². The van der Waals surface area contributed by atoms with E-state index in [9.17, 15) is 4.79 Å². The van der Waals surface area contributed by atoms with Crippen LogP contribution in [0.25, 0.3) is 0 Å². The average Bonchev–Trinajstić information content (AvgIpc) is 2.32. The van der Waals surface area contributed by atoms with Gasteiger partial charge in [0.1, 0.15) is 6.61 Å². The van der Waals surface area contributed by atoms with Crippen LogP contribution in [0.4, 0.5) is 4.79 Å². The Balaban J connectivity index is 2.06. The first kappa shape index (κ1) is 11.9. The maximum Gasteiger partial charge on any atom is 0.421 e. The number of hydrogen-bond donors (Lipinski definition) is 1. The quantitative estimate of drug-likeness (QED) is 0.869. The maximum atomic E-state index is 11.2. The summed E-state index contributed by atoms with van der Waals surface area (Å²) in [5, 5.41) is 1.97. The van der Waals surface area contributed by atoms with Gasteiger partial charge in [-0.05, 0) is 25.8 Å². The first-order chi connectivity index (χ1) is 8.16. The molecule has 2 rings (SSSR count). The molecule has 92 valence electrons. The molecule has 0 unspecified atom stereocenters. The summed E-state index contributed by atoms with van der Waals surface area (Å²) in [5.41, 5.74) is 4.01. The number of amides is 1. The highest BCUT2D eigenvalue weighted by Gasteiger charge is 2.29. The van der Waals surface area contributed by atoms with Gasteiger partial charge in [0.2, 0.25) is 0 Å². The summed E-state index contributed by atoms with van der Waals surface area (Å²) in [6.07, 6.45) is 0.516. The van der Waals surface area contributed by atoms with Gasteiger partial charge >= 0.3 is 6.09 Å². The van der Waals surface area contributed by atoms with E-state index in [0.717, 1.165) is 6.42 Å². The molecule has 0 radical (unpaired) electrons. The van der Waals surface area contributed by atoms with Gasteiger partial charge in [0.05, 0.1) is 6.04 Å². The van der Waals surface area contributed by atoms with Crippen LogP contribution in [0.1, 0.15) is 19.4 Å². The fourth-order valence-corrected chi connectivity index (χ4v) is 2.08. The van der Waals surface area contributed by atoms with Crippen molar-refractivity contribution in [3.05, 3.63) is 35.9 Å². The number of carbonyl (C=O) groups excluding carboxylic acids is 1. The zero-order chi connectivity index (χ0) is 12.3. The van der Waals surface area contributed by atoms with Gasteiger partial charge in [0, 0.05) is 6.04 Å². The van der Waals surface area contributed by atoms with E-state index in [2.05, 4.69) is 31.4 Å². The Morgan fingerprint density at radius 2 is 2.12 bits per heavy atom. The third-order valence-electron chi connectivity index (χ3n) is 2.89. The average molecular weight is 234 g/mol. The van der Waals surface area contributed by atoms with Gasteiger partial charge < -0.3 is 4.74 Å². The molecule has 1 aliphatic heterocycles. The molecule has 1 saturated heterocycles. The van der Waals surface area contributed by atoms with E-state index in [1.54, 1.807) is 0 Å². The Kier molecular flexibility index (Phi) is 3.64. The highest BCUT2D eigenvalue weighted by Crippen LogP contribution is 2.14. The second kappa shape index (κ2) is 5.19. The molecule has 17 heavy (non-hydrogen) atoms. The van der Waals surface area contributed by atoms with E-state index >= 15 is 0 Å². The molecule has 0 saturated carbocycles. The monoisotopic (exact) mass is 234 g/mol. The lowest BCUT2D eigenvalue weighted by atomic mass is 10.1. The van der Waals surface area contributed by atoms with E-state index in [0.29, 0.717) is 6.61 Å². The fraction of sp³-hybridized carbons (Fsp3) is 0.462. The van der Waals surface area contributed by atoms with Gasteiger partial charge in [0.25, 0.3) is 0 Å². The highest BCUT2D eigenvalue weighted by atomic mass is 16.6. The van der Waals surface area contributed by atoms with Crippen molar-refractivity contribution in [2.24, 2.45) is 0 Å². The lowest BCUT2D eigenvalue weighted by Gasteiger charge is -2.38. The van der Waals surface area contributed by atoms with Crippen LogP contribution in [0.2, 0.25) is 0 Å². The van der Waals surface area contributed by atoms with Crippen LogP contribution >= 0.6 is 0 Å². The molecular weight excluding hydrogens is 216 g/mol. The highest BCUT2D eigenvalue weighted by molar-refractivity contribution is 5.67. The lowest BCUT2D eigenvalue weighted by molar-refractivity contribution is -0.00959. The largest absolute Gasteiger partial charge is 0.447 e. The third kappa shape index (κ3) is 2.97. The predicted molar refractivity (Wildman–Crippen MR) is 65.4 cm³/mol. The Labute approximate surface area is 102 Å². The number of benzene rings is 1. The number of cyclic esters (lactones) is 1. The second-order valence-corrected chi connectivity index (χ2v) is 4.55. The zero-order valence-electron chi connectivity index (χ0n) is 10.2. The van der Waals surface area contributed by atoms with E-state index in [1.807, 2.05) is 23.2 Å². The number of rotatable bonds is 3. The molecule has 1 fully saturated rings. The van der Waals surface area contributed by atoms with Gasteiger partial charge in [0.15, 0.2) is 0 Å². The first-order valence-corrected chi connectivity index (χ1v) is 5.92. The number of nitrogens with one attached hydrogen (secondary N) is 1. The second-order valence-electron chi connectivity index (χ2n) is 4.55. The van der Waals surface area contributed by atoms with Crippen molar-refractivity contribution < 1.29 is 9.53 Å². The van der Waals surface area contributed by atoms with Gasteiger partial charge in [-0.15, -0.1) is 0 Å². The Hall–Kier alpha value is -1.55. The van der Waals surface area contributed by atoms with E-state index in [4.69, 9.17) is 4.74 Å². The number of carbonyl (C=O) groups is 1. The zero-order valence-corrected chi connectivity index (χ0v) is 10.2. The Morgan fingerprint density at radius 3 is 2.76 bits per heavy atom. The van der Waals surface area contributed by atoms with Crippen molar-refractivity contribution >= 4 is 6.09 Å². The SMILES string of the molecule is CC(C)N1NC(=O)OC[C@@H]1Cc1ccccc1. The number of nitrogens with zero attached hydrogens (tertiary/aromatic N) is 1. The molecule has 1 aliphatic rings. The minimum absolute atomic E-state index is 0.190. The predicted octanol–water partition coefficient (Wildman–Crippen LogP) is 1.96. The standard InChI is InChI=1S/C13H18N2O2/c1-10(2)15-12(9-17-13(16)14-15)8-11-6-4-3-5-7-11/h3-7,10,12H,8-9H2,1-2H3,(H,14,16)/t12-/m0/s1. The van der Waals surface area contributed by atoms with Crippen LogP contribution in [0, 0.1) is 0 Å². The van der Waals surface area contributed by atoms with Crippen molar-refractivity contribution in [3.8, 4) is 0 Å². The van der Waals surface area contributed by atoms with Gasteiger partial charge in [-0.3, -0.25) is 5.43 Å². The summed E-state index contributed by atoms with van der Waals surface area (Å²) in [6, 6.07) is 10.7. The molecule has 0 spiro atoms. The van der Waals surface area contributed by atoms with Crippen molar-refractivity contribution in [1.82, 2.24) is 10.4 Å². The molecule has 1 heterocycles. The molecule has 0 bridgehead atoms. The van der Waals surface area contributed by atoms with Crippen molar-refractivity contribution in [3.63, 3.8) is 0 Å². The van der Waals surface area contributed by atoms with Crippen molar-refractivity contribution in [1.29, 1.82) is 0 Å². The Bertz CT molecular complexity index is 378. The fourth-order valence-electron chi connectivity index (χ4n) is 2.08. The normalized spacial score (nSPS) is 21.1. The van der Waals surface area contributed by atoms with Crippen LogP contribution in [-0.4, -0.2) is 29.8 Å². The molecule has 1 aromatic rings. The molecule has 0 aliphatic carbocycles. The summed E-state index contributed by atoms with van der Waals surface area (Å²) in [7, 11) is 0. The molecule has 1 aromatic carbocycles. The summed E-state index contributed by atoms with van der Waals surface area (Å²) in [5.74, 6) is 0. The van der Waals surface area contributed by atoms with Gasteiger partial charge in [-0.2, -0.15) is 0 Å². The van der Waals surface area contributed by atoms with Gasteiger partial charge in [-0.25, -0.2) is 9.80 Å². The van der Waals surface area contributed by atoms with E-state index in [1.165, 1.54) is 5.56 Å². The Morgan fingerprint density at radius 1 is 1.41 bits per heavy atom. The van der Waals surface area contributed by atoms with Gasteiger partial charge in [-0.1, -0.05) is 30.3 Å². The van der Waals surface area contributed by atoms with Crippen LogP contribution in [0.5, 0.6) is 0 Å². The number of hydrazine groups is 1. The lowest BCUT2D eigenvalue weighted by Crippen LogP contribution is -2.59. The molecule has 4 nitrogen and oxygen atoms in total. The summed E-state index contributed by atoms with van der Waals surface area (Å²) in [6.45, 7) is 4.56. The first-order valence-electron chi connectivity index (χ1n) is 5.92. The smallest absolute Gasteiger partial charge is 0.421 e. The van der Waals surface area contributed by atoms with E-state index < -0.39 is 0 Å². The van der Waals surface area contributed by atoms with Crippen LogP contribution in [0.3, 0.4) is 0 Å². The topological polar surface area (TPSA) is 41.6 Å². The molecule has 1 N–H and O–H groups in total. The summed E-state index contributed by atoms with van der Waals surface area (Å²) >= 11 is 0. The van der Waals surface area contributed by atoms with E-state index in [-0.39, 0.29) is 18.2 Å². The van der Waals surface area contributed by atoms with Crippen molar-refractivity contribution in [2.45, 2.75) is 32.4 Å². The minimum Gasteiger partial charge on any atom is -0.447 e. The molecule has 1 atom stereocenters. The van der Waals surface area contributed by atoms with Crippen LogP contribution in [-0.2, 0) is 11.2 Å². The molecule has 1 amide bonds. The summed E-state index contributed by atoms with van der Waals surface area (Å²) in [4.78, 5) is 11.2. The molecular formula is C13H18N2O2. The van der Waals surface area contributed by atoms with Crippen molar-refractivity contribution in [2.75, 3.05) is 6.61 Å². The van der Waals surface area contributed by atoms with Crippen LogP contribution < -0.4 is 5.43 Å². The third-order valence-corrected chi connectivity index (χ3v) is 2.89. The number of hydrogen-bond acceptors (Lipinski definition) is 3. The minimum atomic E-state index is -0.358. The maximum absolute atomic E-state index is 11.2.